The van der Waals surface area contributed by atoms with Crippen LogP contribution in [0.1, 0.15) is 39.0 Å². The van der Waals surface area contributed by atoms with Gasteiger partial charge in [0.1, 0.15) is 5.75 Å². The average Bonchev–Trinajstić information content (AvgIpc) is 2.35. The maximum absolute atomic E-state index is 11.4. The SMILES string of the molecule is CCCCCCC=CC(=O)Oc1ccccc1. The van der Waals surface area contributed by atoms with Gasteiger partial charge >= 0.3 is 5.97 Å². The predicted octanol–water partition coefficient (Wildman–Crippen LogP) is 4.12. The molecular formula is C15H20O2. The molecule has 0 atom stereocenters. The first kappa shape index (κ1) is 13.5. The lowest BCUT2D eigenvalue weighted by Crippen LogP contribution is -2.03. The zero-order valence-corrected chi connectivity index (χ0v) is 10.4. The molecule has 0 bridgehead atoms. The van der Waals surface area contributed by atoms with Gasteiger partial charge < -0.3 is 4.74 Å². The maximum atomic E-state index is 11.4. The Morgan fingerprint density at radius 2 is 1.94 bits per heavy atom. The number of hydrogen-bond donors (Lipinski definition) is 0. The molecule has 0 fully saturated rings. The maximum Gasteiger partial charge on any atom is 0.335 e. The number of carbonyl (C=O) groups excluding carboxylic acids is 1. The second-order valence-electron chi connectivity index (χ2n) is 3.99. The number of benzene rings is 1. The van der Waals surface area contributed by atoms with Gasteiger partial charge in [0.2, 0.25) is 0 Å². The summed E-state index contributed by atoms with van der Waals surface area (Å²) in [6.45, 7) is 2.19. The Labute approximate surface area is 103 Å². The van der Waals surface area contributed by atoms with Crippen molar-refractivity contribution in [2.24, 2.45) is 0 Å². The van der Waals surface area contributed by atoms with Crippen LogP contribution in [0.15, 0.2) is 42.5 Å². The molecule has 17 heavy (non-hydrogen) atoms. The Balaban J connectivity index is 2.19. The first-order valence-corrected chi connectivity index (χ1v) is 6.26. The van der Waals surface area contributed by atoms with Gasteiger partial charge in [0.25, 0.3) is 0 Å². The lowest BCUT2D eigenvalue weighted by atomic mass is 10.1. The fraction of sp³-hybridized carbons (Fsp3) is 0.400. The molecule has 0 N–H and O–H groups in total. The fourth-order valence-corrected chi connectivity index (χ4v) is 1.51. The van der Waals surface area contributed by atoms with E-state index < -0.39 is 0 Å². The summed E-state index contributed by atoms with van der Waals surface area (Å²) in [7, 11) is 0. The third kappa shape index (κ3) is 6.56. The minimum atomic E-state index is -0.299. The van der Waals surface area contributed by atoms with Gasteiger partial charge in [-0.3, -0.25) is 0 Å². The summed E-state index contributed by atoms with van der Waals surface area (Å²) in [5.74, 6) is 0.292. The standard InChI is InChI=1S/C15H20O2/c1-2-3-4-5-6-10-13-15(16)17-14-11-8-7-9-12-14/h7-13H,2-6H2,1H3. The second-order valence-corrected chi connectivity index (χ2v) is 3.99. The van der Waals surface area contributed by atoms with Crippen molar-refractivity contribution in [2.75, 3.05) is 0 Å². The number of unbranched alkanes of at least 4 members (excludes halogenated alkanes) is 4. The molecule has 0 saturated heterocycles. The topological polar surface area (TPSA) is 26.3 Å². The molecule has 0 aliphatic rings. The number of rotatable bonds is 7. The quantitative estimate of drug-likeness (QED) is 0.306. The molecular weight excluding hydrogens is 212 g/mol. The van der Waals surface area contributed by atoms with Crippen molar-refractivity contribution in [2.45, 2.75) is 39.0 Å². The van der Waals surface area contributed by atoms with Crippen molar-refractivity contribution in [3.8, 4) is 5.75 Å². The van der Waals surface area contributed by atoms with Gasteiger partial charge in [-0.2, -0.15) is 0 Å². The van der Waals surface area contributed by atoms with Crippen molar-refractivity contribution in [1.29, 1.82) is 0 Å². The predicted molar refractivity (Wildman–Crippen MR) is 70.0 cm³/mol. The van der Waals surface area contributed by atoms with Crippen LogP contribution in [-0.4, -0.2) is 5.97 Å². The van der Waals surface area contributed by atoms with Gasteiger partial charge in [-0.15, -0.1) is 0 Å². The van der Waals surface area contributed by atoms with E-state index in [0.717, 1.165) is 12.8 Å². The summed E-state index contributed by atoms with van der Waals surface area (Å²) < 4.78 is 5.12. The highest BCUT2D eigenvalue weighted by atomic mass is 16.5. The molecule has 0 heterocycles. The highest BCUT2D eigenvalue weighted by Gasteiger charge is 1.97. The van der Waals surface area contributed by atoms with E-state index in [-0.39, 0.29) is 5.97 Å². The third-order valence-corrected chi connectivity index (χ3v) is 2.44. The number of carbonyl (C=O) groups is 1. The molecule has 1 rings (SSSR count). The van der Waals surface area contributed by atoms with Crippen LogP contribution < -0.4 is 4.74 Å². The number of para-hydroxylation sites is 1. The molecule has 0 radical (unpaired) electrons. The number of ether oxygens (including phenoxy) is 1. The minimum absolute atomic E-state index is 0.299. The second kappa shape index (κ2) is 8.57. The number of esters is 1. The molecule has 1 aromatic carbocycles. The number of allylic oxidation sites excluding steroid dienone is 1. The van der Waals surface area contributed by atoms with Gasteiger partial charge in [-0.25, -0.2) is 4.79 Å². The van der Waals surface area contributed by atoms with Gasteiger partial charge in [0.05, 0.1) is 0 Å². The summed E-state index contributed by atoms with van der Waals surface area (Å²) in [6, 6.07) is 9.12. The van der Waals surface area contributed by atoms with E-state index in [2.05, 4.69) is 6.92 Å². The van der Waals surface area contributed by atoms with Crippen molar-refractivity contribution in [3.05, 3.63) is 42.5 Å². The molecule has 0 unspecified atom stereocenters. The lowest BCUT2D eigenvalue weighted by Gasteiger charge is -1.99. The number of hydrogen-bond acceptors (Lipinski definition) is 2. The zero-order chi connectivity index (χ0) is 12.3. The van der Waals surface area contributed by atoms with Crippen LogP contribution in [0, 0.1) is 0 Å². The van der Waals surface area contributed by atoms with Gasteiger partial charge in [0, 0.05) is 6.08 Å². The van der Waals surface area contributed by atoms with E-state index in [1.807, 2.05) is 24.3 Å². The van der Waals surface area contributed by atoms with Crippen LogP contribution >= 0.6 is 0 Å². The lowest BCUT2D eigenvalue weighted by molar-refractivity contribution is -0.129. The fourth-order valence-electron chi connectivity index (χ4n) is 1.51. The van der Waals surface area contributed by atoms with E-state index in [9.17, 15) is 4.79 Å². The normalized spacial score (nSPS) is 10.6. The van der Waals surface area contributed by atoms with Crippen molar-refractivity contribution in [3.63, 3.8) is 0 Å². The van der Waals surface area contributed by atoms with Crippen LogP contribution in [0.4, 0.5) is 0 Å². The molecule has 0 aliphatic carbocycles. The van der Waals surface area contributed by atoms with Crippen molar-refractivity contribution in [1.82, 2.24) is 0 Å². The van der Waals surface area contributed by atoms with Gasteiger partial charge in [-0.05, 0) is 25.0 Å². The Bertz CT molecular complexity index is 341. The van der Waals surface area contributed by atoms with E-state index in [4.69, 9.17) is 4.74 Å². The van der Waals surface area contributed by atoms with E-state index in [1.165, 1.54) is 25.3 Å². The van der Waals surface area contributed by atoms with Crippen LogP contribution in [-0.2, 0) is 4.79 Å². The molecule has 0 aromatic heterocycles. The Kier molecular flexibility index (Phi) is 6.80. The van der Waals surface area contributed by atoms with Crippen LogP contribution in [0.5, 0.6) is 5.75 Å². The molecule has 0 saturated carbocycles. The Hall–Kier alpha value is -1.57. The van der Waals surface area contributed by atoms with Crippen LogP contribution in [0.25, 0.3) is 0 Å². The Morgan fingerprint density at radius 3 is 2.65 bits per heavy atom. The molecule has 0 spiro atoms. The minimum Gasteiger partial charge on any atom is -0.423 e. The molecule has 2 heteroatoms. The smallest absolute Gasteiger partial charge is 0.335 e. The van der Waals surface area contributed by atoms with Crippen LogP contribution in [0.3, 0.4) is 0 Å². The summed E-state index contributed by atoms with van der Waals surface area (Å²) in [5.41, 5.74) is 0. The summed E-state index contributed by atoms with van der Waals surface area (Å²) in [5, 5.41) is 0. The molecule has 1 aromatic rings. The molecule has 92 valence electrons. The van der Waals surface area contributed by atoms with E-state index in [0.29, 0.717) is 5.75 Å². The molecule has 0 aliphatic heterocycles. The Morgan fingerprint density at radius 1 is 1.18 bits per heavy atom. The van der Waals surface area contributed by atoms with E-state index >= 15 is 0 Å². The van der Waals surface area contributed by atoms with Crippen LogP contribution in [0.2, 0.25) is 0 Å². The highest BCUT2D eigenvalue weighted by molar-refractivity contribution is 5.83. The highest BCUT2D eigenvalue weighted by Crippen LogP contribution is 2.09. The van der Waals surface area contributed by atoms with E-state index in [1.54, 1.807) is 12.1 Å². The third-order valence-electron chi connectivity index (χ3n) is 2.44. The van der Waals surface area contributed by atoms with Gasteiger partial charge in [-0.1, -0.05) is 50.5 Å². The summed E-state index contributed by atoms with van der Waals surface area (Å²) >= 11 is 0. The molecule has 2 nitrogen and oxygen atoms in total. The summed E-state index contributed by atoms with van der Waals surface area (Å²) in [4.78, 5) is 11.4. The van der Waals surface area contributed by atoms with Gasteiger partial charge in [0.15, 0.2) is 0 Å². The average molecular weight is 232 g/mol. The zero-order valence-electron chi connectivity index (χ0n) is 10.4. The monoisotopic (exact) mass is 232 g/mol. The first-order chi connectivity index (χ1) is 8.33. The first-order valence-electron chi connectivity index (χ1n) is 6.26. The molecule has 0 amide bonds. The van der Waals surface area contributed by atoms with Crippen molar-refractivity contribution < 1.29 is 9.53 Å². The summed E-state index contributed by atoms with van der Waals surface area (Å²) in [6.07, 6.45) is 9.23. The van der Waals surface area contributed by atoms with Crippen molar-refractivity contribution >= 4 is 5.97 Å². The largest absolute Gasteiger partial charge is 0.423 e.